The number of nitrogens with zero attached hydrogens (tertiary/aromatic N) is 8. The van der Waals surface area contributed by atoms with Crippen LogP contribution in [0.4, 0.5) is 0 Å². The molecule has 2 aliphatic rings. The average molecular weight is 397 g/mol. The van der Waals surface area contributed by atoms with Crippen LogP contribution in [0.1, 0.15) is 43.5 Å². The van der Waals surface area contributed by atoms with Crippen LogP contribution in [-0.2, 0) is 13.7 Å². The van der Waals surface area contributed by atoms with Crippen LogP contribution in [-0.4, -0.2) is 52.1 Å². The van der Waals surface area contributed by atoms with Gasteiger partial charge in [0.1, 0.15) is 12.2 Å². The minimum Gasteiger partial charge on any atom is -0.320 e. The van der Waals surface area contributed by atoms with Gasteiger partial charge in [0.25, 0.3) is 0 Å². The van der Waals surface area contributed by atoms with Gasteiger partial charge < -0.3 is 4.57 Å². The summed E-state index contributed by atoms with van der Waals surface area (Å²) in [6.07, 6.45) is 9.96. The Morgan fingerprint density at radius 1 is 1.18 bits per heavy atom. The fraction of sp³-hybridized carbons (Fsp3) is 0.526. The molecule has 3 aromatic rings. The Bertz CT molecular complexity index is 1010. The van der Waals surface area contributed by atoms with E-state index in [-0.39, 0.29) is 0 Å². The van der Waals surface area contributed by atoms with E-state index in [2.05, 4.69) is 30.7 Å². The largest absolute Gasteiger partial charge is 0.320 e. The van der Waals surface area contributed by atoms with Gasteiger partial charge in [-0.1, -0.05) is 0 Å². The van der Waals surface area contributed by atoms with Gasteiger partial charge in [0.2, 0.25) is 0 Å². The molecule has 0 amide bonds. The first-order chi connectivity index (χ1) is 13.7. The van der Waals surface area contributed by atoms with Gasteiger partial charge in [0.05, 0.1) is 6.67 Å². The topological polar surface area (TPSA) is 69.6 Å². The van der Waals surface area contributed by atoms with E-state index in [9.17, 15) is 0 Å². The van der Waals surface area contributed by atoms with Crippen molar-refractivity contribution in [1.82, 2.24) is 39.0 Å². The second-order valence-corrected chi connectivity index (χ2v) is 8.15. The molecule has 1 aliphatic carbocycles. The molecular weight excluding hydrogens is 372 g/mol. The summed E-state index contributed by atoms with van der Waals surface area (Å²) in [5.74, 6) is 2.51. The fourth-order valence-electron chi connectivity index (χ4n) is 4.05. The van der Waals surface area contributed by atoms with Crippen LogP contribution < -0.4 is 0 Å². The van der Waals surface area contributed by atoms with Crippen molar-refractivity contribution in [3.8, 4) is 11.4 Å². The number of aromatic nitrogens is 7. The van der Waals surface area contributed by atoms with Crippen LogP contribution in [0.15, 0.2) is 30.9 Å². The van der Waals surface area contributed by atoms with Crippen molar-refractivity contribution in [2.45, 2.75) is 44.3 Å². The fourth-order valence-corrected chi connectivity index (χ4v) is 4.38. The number of likely N-dealkylation sites (tertiary alicyclic amines) is 1. The molecule has 1 saturated heterocycles. The predicted molar refractivity (Wildman–Crippen MR) is 107 cm³/mol. The average Bonchev–Trinajstić information content (AvgIpc) is 3.39. The van der Waals surface area contributed by atoms with Crippen molar-refractivity contribution in [1.29, 1.82) is 0 Å². The van der Waals surface area contributed by atoms with Crippen molar-refractivity contribution < 1.29 is 0 Å². The molecular formula is C19H24N8S. The van der Waals surface area contributed by atoms with Gasteiger partial charge >= 0.3 is 0 Å². The van der Waals surface area contributed by atoms with E-state index in [4.69, 9.17) is 17.3 Å². The molecule has 2 fully saturated rings. The molecule has 9 heteroatoms. The molecule has 0 unspecified atom stereocenters. The summed E-state index contributed by atoms with van der Waals surface area (Å²) in [4.78, 5) is 6.69. The lowest BCUT2D eigenvalue weighted by atomic mass is 9.96. The van der Waals surface area contributed by atoms with Gasteiger partial charge in [-0.2, -0.15) is 5.10 Å². The molecule has 146 valence electrons. The molecule has 1 aliphatic heterocycles. The molecule has 0 spiro atoms. The first kappa shape index (κ1) is 17.7. The molecule has 3 aromatic heterocycles. The van der Waals surface area contributed by atoms with Gasteiger partial charge in [0.15, 0.2) is 10.6 Å². The van der Waals surface area contributed by atoms with Crippen molar-refractivity contribution in [2.24, 2.45) is 7.05 Å². The number of hydrogen-bond acceptors (Lipinski definition) is 6. The van der Waals surface area contributed by atoms with Crippen molar-refractivity contribution in [2.75, 3.05) is 13.1 Å². The maximum absolute atomic E-state index is 5.80. The minimum absolute atomic E-state index is 0.478. The molecule has 4 heterocycles. The second kappa shape index (κ2) is 7.21. The van der Waals surface area contributed by atoms with Gasteiger partial charge in [-0.3, -0.25) is 14.5 Å². The zero-order valence-corrected chi connectivity index (χ0v) is 16.8. The monoisotopic (exact) mass is 396 g/mol. The lowest BCUT2D eigenvalue weighted by molar-refractivity contribution is 0.157. The summed E-state index contributed by atoms with van der Waals surface area (Å²) in [5.41, 5.74) is 1.03. The van der Waals surface area contributed by atoms with Crippen LogP contribution in [0.3, 0.4) is 0 Å². The normalized spacial score (nSPS) is 18.6. The van der Waals surface area contributed by atoms with E-state index in [0.29, 0.717) is 12.0 Å². The highest BCUT2D eigenvalue weighted by Gasteiger charge is 2.30. The quantitative estimate of drug-likeness (QED) is 0.618. The second-order valence-electron chi connectivity index (χ2n) is 7.78. The summed E-state index contributed by atoms with van der Waals surface area (Å²) >= 11 is 5.80. The standard InChI is InChI=1S/C19H24N8S/c1-24-12-21-22-17(24)14-6-9-25(10-7-14)13-26-19(28)27(16-4-5-16)18(23-26)15-3-2-8-20-11-15/h2-3,8,11-12,14,16H,4-7,9-10,13H2,1H3. The Hall–Kier alpha value is -2.39. The molecule has 0 radical (unpaired) electrons. The molecule has 0 N–H and O–H groups in total. The van der Waals surface area contributed by atoms with Crippen LogP contribution in [0.2, 0.25) is 0 Å². The van der Waals surface area contributed by atoms with Crippen molar-refractivity contribution >= 4 is 12.2 Å². The summed E-state index contributed by atoms with van der Waals surface area (Å²) in [7, 11) is 2.02. The molecule has 0 bridgehead atoms. The smallest absolute Gasteiger partial charge is 0.199 e. The molecule has 1 saturated carbocycles. The van der Waals surface area contributed by atoms with E-state index >= 15 is 0 Å². The third-order valence-corrected chi connectivity index (χ3v) is 6.14. The Labute approximate surface area is 168 Å². The Morgan fingerprint density at radius 3 is 2.64 bits per heavy atom. The van der Waals surface area contributed by atoms with Crippen LogP contribution in [0, 0.1) is 4.77 Å². The molecule has 28 heavy (non-hydrogen) atoms. The summed E-state index contributed by atoms with van der Waals surface area (Å²) < 4.78 is 7.06. The third-order valence-electron chi connectivity index (χ3n) is 5.74. The van der Waals surface area contributed by atoms with E-state index < -0.39 is 0 Å². The molecule has 8 nitrogen and oxygen atoms in total. The van der Waals surface area contributed by atoms with Crippen LogP contribution >= 0.6 is 12.2 Å². The van der Waals surface area contributed by atoms with Crippen LogP contribution in [0.5, 0.6) is 0 Å². The Morgan fingerprint density at radius 2 is 2.00 bits per heavy atom. The number of piperidine rings is 1. The lowest BCUT2D eigenvalue weighted by Crippen LogP contribution is -2.35. The zero-order valence-electron chi connectivity index (χ0n) is 16.0. The van der Waals surface area contributed by atoms with Gasteiger partial charge in [-0.15, -0.1) is 10.2 Å². The van der Waals surface area contributed by atoms with E-state index in [1.807, 2.05) is 28.6 Å². The third kappa shape index (κ3) is 3.29. The van der Waals surface area contributed by atoms with E-state index in [1.54, 1.807) is 12.5 Å². The first-order valence-corrected chi connectivity index (χ1v) is 10.3. The van der Waals surface area contributed by atoms with Crippen LogP contribution in [0.25, 0.3) is 11.4 Å². The summed E-state index contributed by atoms with van der Waals surface area (Å²) in [5, 5.41) is 13.2. The maximum atomic E-state index is 5.80. The minimum atomic E-state index is 0.478. The Balaban J connectivity index is 1.34. The predicted octanol–water partition coefficient (Wildman–Crippen LogP) is 2.78. The number of pyridine rings is 1. The number of hydrogen-bond donors (Lipinski definition) is 0. The summed E-state index contributed by atoms with van der Waals surface area (Å²) in [6, 6.07) is 4.49. The molecule has 0 aromatic carbocycles. The maximum Gasteiger partial charge on any atom is 0.199 e. The zero-order chi connectivity index (χ0) is 19.1. The SMILES string of the molecule is Cn1cnnc1C1CCN(Cn2nc(-c3cccnc3)n(C3CC3)c2=S)CC1. The molecule has 0 atom stereocenters. The Kier molecular flexibility index (Phi) is 4.56. The van der Waals surface area contributed by atoms with Gasteiger partial charge in [0, 0.05) is 50.1 Å². The lowest BCUT2D eigenvalue weighted by Gasteiger charge is -2.31. The number of aryl methyl sites for hydroxylation is 1. The number of rotatable bonds is 5. The highest BCUT2D eigenvalue weighted by Crippen LogP contribution is 2.38. The van der Waals surface area contributed by atoms with E-state index in [1.165, 1.54) is 12.8 Å². The first-order valence-electron chi connectivity index (χ1n) is 9.86. The van der Waals surface area contributed by atoms with Crippen molar-refractivity contribution in [3.63, 3.8) is 0 Å². The summed E-state index contributed by atoms with van der Waals surface area (Å²) in [6.45, 7) is 2.76. The van der Waals surface area contributed by atoms with Gasteiger partial charge in [-0.05, 0) is 50.0 Å². The van der Waals surface area contributed by atoms with Crippen molar-refractivity contribution in [3.05, 3.63) is 41.4 Å². The highest BCUT2D eigenvalue weighted by molar-refractivity contribution is 7.71. The molecule has 5 rings (SSSR count). The highest BCUT2D eigenvalue weighted by atomic mass is 32.1. The van der Waals surface area contributed by atoms with Gasteiger partial charge in [-0.25, -0.2) is 4.68 Å². The van der Waals surface area contributed by atoms with E-state index in [0.717, 1.165) is 54.6 Å².